The lowest BCUT2D eigenvalue weighted by Gasteiger charge is -2.28. The van der Waals surface area contributed by atoms with E-state index in [0.717, 1.165) is 13.0 Å². The molecule has 0 bridgehead atoms. The van der Waals surface area contributed by atoms with Crippen molar-refractivity contribution in [3.63, 3.8) is 0 Å². The summed E-state index contributed by atoms with van der Waals surface area (Å²) in [6, 6.07) is 8.48. The third-order valence-electron chi connectivity index (χ3n) is 3.21. The van der Waals surface area contributed by atoms with Crippen molar-refractivity contribution >= 4 is 5.69 Å². The second-order valence-electron chi connectivity index (χ2n) is 5.93. The van der Waals surface area contributed by atoms with Gasteiger partial charge in [0.1, 0.15) is 0 Å². The quantitative estimate of drug-likeness (QED) is 0.866. The van der Waals surface area contributed by atoms with Gasteiger partial charge in [-0.1, -0.05) is 38.5 Å². The summed E-state index contributed by atoms with van der Waals surface area (Å²) in [4.78, 5) is 2.19. The first kappa shape index (κ1) is 14.0. The number of nitrogens with zero attached hydrogens (tertiary/aromatic N) is 1. The van der Waals surface area contributed by atoms with Crippen molar-refractivity contribution in [2.24, 2.45) is 5.41 Å². The molecule has 1 atom stereocenters. The number of anilines is 1. The summed E-state index contributed by atoms with van der Waals surface area (Å²) in [6.45, 7) is 9.19. The average Bonchev–Trinajstić information content (AvgIpc) is 2.25. The third-order valence-corrected chi connectivity index (χ3v) is 3.21. The van der Waals surface area contributed by atoms with Crippen LogP contribution in [0.5, 0.6) is 0 Å². The highest BCUT2D eigenvalue weighted by Gasteiger charge is 2.21. The maximum atomic E-state index is 10.00. The van der Waals surface area contributed by atoms with E-state index in [-0.39, 0.29) is 11.5 Å². The van der Waals surface area contributed by atoms with Crippen LogP contribution in [-0.2, 0) is 0 Å². The van der Waals surface area contributed by atoms with Crippen molar-refractivity contribution in [3.8, 4) is 0 Å². The molecule has 0 aliphatic rings. The minimum atomic E-state index is -0.254. The number of hydrogen-bond acceptors (Lipinski definition) is 2. The first-order chi connectivity index (χ1) is 7.80. The molecule has 0 saturated heterocycles. The molecule has 0 aliphatic heterocycles. The van der Waals surface area contributed by atoms with Gasteiger partial charge in [-0.3, -0.25) is 0 Å². The van der Waals surface area contributed by atoms with Gasteiger partial charge in [-0.25, -0.2) is 0 Å². The van der Waals surface area contributed by atoms with Gasteiger partial charge in [-0.2, -0.15) is 0 Å². The smallest absolute Gasteiger partial charge is 0.0605 e. The molecule has 0 amide bonds. The average molecular weight is 235 g/mol. The van der Waals surface area contributed by atoms with E-state index in [1.165, 1.54) is 11.3 Å². The van der Waals surface area contributed by atoms with E-state index in [9.17, 15) is 5.11 Å². The normalized spacial score (nSPS) is 13.5. The lowest BCUT2D eigenvalue weighted by molar-refractivity contribution is 0.0576. The van der Waals surface area contributed by atoms with Gasteiger partial charge in [0.2, 0.25) is 0 Å². The molecule has 1 N–H and O–H groups in total. The molecular weight excluding hydrogens is 210 g/mol. The van der Waals surface area contributed by atoms with Crippen molar-refractivity contribution < 1.29 is 5.11 Å². The Morgan fingerprint density at radius 1 is 1.18 bits per heavy atom. The van der Waals surface area contributed by atoms with Gasteiger partial charge in [-0.05, 0) is 30.9 Å². The summed E-state index contributed by atoms with van der Waals surface area (Å²) in [5, 5.41) is 10.00. The largest absolute Gasteiger partial charge is 0.393 e. The minimum Gasteiger partial charge on any atom is -0.393 e. The number of benzene rings is 1. The number of hydrogen-bond donors (Lipinski definition) is 1. The molecule has 0 fully saturated rings. The van der Waals surface area contributed by atoms with Crippen LogP contribution in [0.4, 0.5) is 5.69 Å². The summed E-state index contributed by atoms with van der Waals surface area (Å²) in [7, 11) is 2.07. The van der Waals surface area contributed by atoms with Crippen LogP contribution < -0.4 is 4.90 Å². The van der Waals surface area contributed by atoms with E-state index in [0.29, 0.717) is 0 Å². The predicted molar refractivity (Wildman–Crippen MR) is 74.5 cm³/mol. The fourth-order valence-corrected chi connectivity index (χ4v) is 1.68. The zero-order valence-electron chi connectivity index (χ0n) is 11.7. The van der Waals surface area contributed by atoms with E-state index in [1.54, 1.807) is 0 Å². The van der Waals surface area contributed by atoms with Gasteiger partial charge in [0.05, 0.1) is 6.10 Å². The summed E-state index contributed by atoms with van der Waals surface area (Å²) >= 11 is 0. The molecule has 2 nitrogen and oxygen atoms in total. The van der Waals surface area contributed by atoms with Crippen LogP contribution in [0, 0.1) is 12.3 Å². The van der Waals surface area contributed by atoms with Crippen LogP contribution in [0.2, 0.25) is 0 Å². The Balaban J connectivity index is 2.50. The Labute approximate surface area is 105 Å². The van der Waals surface area contributed by atoms with Crippen molar-refractivity contribution in [2.45, 2.75) is 40.2 Å². The van der Waals surface area contributed by atoms with Crippen LogP contribution in [0.15, 0.2) is 24.3 Å². The van der Waals surface area contributed by atoms with Crippen molar-refractivity contribution in [2.75, 3.05) is 18.5 Å². The van der Waals surface area contributed by atoms with E-state index >= 15 is 0 Å². The summed E-state index contributed by atoms with van der Waals surface area (Å²) < 4.78 is 0. The second kappa shape index (κ2) is 5.54. The van der Waals surface area contributed by atoms with E-state index in [4.69, 9.17) is 0 Å². The fraction of sp³-hybridized carbons (Fsp3) is 0.600. The molecule has 2 heteroatoms. The first-order valence-corrected chi connectivity index (χ1v) is 6.26. The molecule has 0 aliphatic carbocycles. The van der Waals surface area contributed by atoms with Crippen molar-refractivity contribution in [3.05, 3.63) is 29.8 Å². The second-order valence-corrected chi connectivity index (χ2v) is 5.93. The molecule has 0 heterocycles. The Morgan fingerprint density at radius 3 is 2.18 bits per heavy atom. The minimum absolute atomic E-state index is 0.0336. The number of rotatable bonds is 4. The number of aliphatic hydroxyl groups excluding tert-OH is 1. The van der Waals surface area contributed by atoms with Gasteiger partial charge in [-0.15, -0.1) is 0 Å². The zero-order chi connectivity index (χ0) is 13.1. The van der Waals surface area contributed by atoms with Crippen LogP contribution >= 0.6 is 0 Å². The molecule has 96 valence electrons. The Kier molecular flexibility index (Phi) is 4.58. The number of aliphatic hydroxyl groups is 1. The summed E-state index contributed by atoms with van der Waals surface area (Å²) in [5.74, 6) is 0. The topological polar surface area (TPSA) is 23.5 Å². The van der Waals surface area contributed by atoms with E-state index in [2.05, 4.69) is 63.9 Å². The Bertz CT molecular complexity index is 337. The molecule has 1 rings (SSSR count). The molecule has 1 unspecified atom stereocenters. The first-order valence-electron chi connectivity index (χ1n) is 6.26. The van der Waals surface area contributed by atoms with Gasteiger partial charge >= 0.3 is 0 Å². The maximum Gasteiger partial charge on any atom is 0.0605 e. The van der Waals surface area contributed by atoms with Crippen LogP contribution in [0.25, 0.3) is 0 Å². The van der Waals surface area contributed by atoms with Crippen molar-refractivity contribution in [1.29, 1.82) is 0 Å². The van der Waals surface area contributed by atoms with Crippen LogP contribution in [0.3, 0.4) is 0 Å². The highest BCUT2D eigenvalue weighted by atomic mass is 16.3. The van der Waals surface area contributed by atoms with Gasteiger partial charge in [0.25, 0.3) is 0 Å². The summed E-state index contributed by atoms with van der Waals surface area (Å²) in [5.41, 5.74) is 2.45. The van der Waals surface area contributed by atoms with E-state index in [1.807, 2.05) is 0 Å². The van der Waals surface area contributed by atoms with Gasteiger partial charge in [0, 0.05) is 19.3 Å². The molecule has 1 aromatic rings. The molecule has 1 aromatic carbocycles. The highest BCUT2D eigenvalue weighted by molar-refractivity contribution is 5.46. The fourth-order valence-electron chi connectivity index (χ4n) is 1.68. The molecule has 0 spiro atoms. The monoisotopic (exact) mass is 235 g/mol. The lowest BCUT2D eigenvalue weighted by atomic mass is 9.87. The van der Waals surface area contributed by atoms with Crippen molar-refractivity contribution in [1.82, 2.24) is 0 Å². The van der Waals surface area contributed by atoms with Gasteiger partial charge < -0.3 is 10.0 Å². The van der Waals surface area contributed by atoms with Gasteiger partial charge in [0.15, 0.2) is 0 Å². The lowest BCUT2D eigenvalue weighted by Crippen LogP contribution is -2.31. The van der Waals surface area contributed by atoms with E-state index < -0.39 is 0 Å². The van der Waals surface area contributed by atoms with Crippen LogP contribution in [0.1, 0.15) is 32.8 Å². The zero-order valence-corrected chi connectivity index (χ0v) is 11.7. The molecule has 0 saturated carbocycles. The Hall–Kier alpha value is -1.02. The molecular formula is C15H25NO. The molecule has 0 radical (unpaired) electrons. The molecule has 17 heavy (non-hydrogen) atoms. The number of aryl methyl sites for hydroxylation is 1. The molecule has 0 aromatic heterocycles. The highest BCUT2D eigenvalue weighted by Crippen LogP contribution is 2.22. The third kappa shape index (κ3) is 4.39. The maximum absolute atomic E-state index is 10.00. The standard InChI is InChI=1S/C15H25NO/c1-12-6-8-13(9-7-12)16(5)11-10-14(17)15(2,3)4/h6-9,14,17H,10-11H2,1-5H3. The summed E-state index contributed by atoms with van der Waals surface area (Å²) in [6.07, 6.45) is 0.545. The SMILES string of the molecule is Cc1ccc(N(C)CCC(O)C(C)(C)C)cc1. The Morgan fingerprint density at radius 2 is 1.71 bits per heavy atom. The van der Waals surface area contributed by atoms with Crippen LogP contribution in [-0.4, -0.2) is 24.8 Å². The predicted octanol–water partition coefficient (Wildman–Crippen LogP) is 3.23.